The van der Waals surface area contributed by atoms with Crippen molar-refractivity contribution in [2.75, 3.05) is 5.73 Å². The molecule has 0 aliphatic heterocycles. The van der Waals surface area contributed by atoms with Gasteiger partial charge in [0.05, 0.1) is 22.2 Å². The fourth-order valence-electron chi connectivity index (χ4n) is 1.68. The zero-order chi connectivity index (χ0) is 11.0. The first-order valence-corrected chi connectivity index (χ1v) is 5.80. The molecule has 0 atom stereocenters. The zero-order valence-corrected chi connectivity index (χ0v) is 9.33. The third kappa shape index (κ3) is 1.57. The topological polar surface area (TPSA) is 52.0 Å². The van der Waals surface area contributed by atoms with E-state index in [2.05, 4.69) is 11.1 Å². The first-order chi connectivity index (χ1) is 7.83. The molecule has 0 saturated carbocycles. The Morgan fingerprint density at radius 1 is 1.38 bits per heavy atom. The van der Waals surface area contributed by atoms with E-state index in [0.29, 0.717) is 0 Å². The summed E-state index contributed by atoms with van der Waals surface area (Å²) in [6.45, 7) is 0. The summed E-state index contributed by atoms with van der Waals surface area (Å²) < 4.78 is 6.38. The summed E-state index contributed by atoms with van der Waals surface area (Å²) in [6, 6.07) is 7.77. The maximum atomic E-state index is 5.89. The number of rotatable bonds is 2. The molecule has 0 unspecified atom stereocenters. The molecule has 80 valence electrons. The van der Waals surface area contributed by atoms with Crippen molar-refractivity contribution < 1.29 is 4.42 Å². The molecule has 0 bridgehead atoms. The Kier molecular flexibility index (Phi) is 2.15. The number of hydrogen-bond acceptors (Lipinski definition) is 4. The normalized spacial score (nSPS) is 11.0. The van der Waals surface area contributed by atoms with E-state index in [1.54, 1.807) is 23.8 Å². The second-order valence-corrected chi connectivity index (χ2v) is 4.72. The van der Waals surface area contributed by atoms with E-state index < -0.39 is 0 Å². The summed E-state index contributed by atoms with van der Waals surface area (Å²) in [7, 11) is 0. The molecule has 0 aliphatic rings. The summed E-state index contributed by atoms with van der Waals surface area (Å²) in [5.74, 6) is 0.963. The number of anilines is 1. The van der Waals surface area contributed by atoms with Crippen molar-refractivity contribution in [3.63, 3.8) is 0 Å². The Balaban J connectivity index is 2.02. The molecule has 0 radical (unpaired) electrons. The summed E-state index contributed by atoms with van der Waals surface area (Å²) in [6.07, 6.45) is 4.23. The van der Waals surface area contributed by atoms with Crippen molar-refractivity contribution in [2.24, 2.45) is 0 Å². The molecule has 0 aliphatic carbocycles. The Labute approximate surface area is 96.5 Å². The van der Waals surface area contributed by atoms with Gasteiger partial charge >= 0.3 is 0 Å². The first kappa shape index (κ1) is 9.42. The number of fused-ring (bicyclic) bond motifs is 1. The van der Waals surface area contributed by atoms with Gasteiger partial charge in [0, 0.05) is 17.5 Å². The minimum atomic E-state index is 0.792. The number of pyridine rings is 1. The number of furan rings is 1. The first-order valence-electron chi connectivity index (χ1n) is 4.98. The van der Waals surface area contributed by atoms with Crippen LogP contribution in [0.15, 0.2) is 41.1 Å². The van der Waals surface area contributed by atoms with E-state index in [1.807, 2.05) is 18.2 Å². The van der Waals surface area contributed by atoms with Gasteiger partial charge in [0.1, 0.15) is 5.76 Å². The molecule has 0 fully saturated rings. The summed E-state index contributed by atoms with van der Waals surface area (Å²) >= 11 is 1.67. The van der Waals surface area contributed by atoms with E-state index in [-0.39, 0.29) is 0 Å². The van der Waals surface area contributed by atoms with Gasteiger partial charge in [0.25, 0.3) is 0 Å². The van der Waals surface area contributed by atoms with Gasteiger partial charge in [-0.1, -0.05) is 0 Å². The van der Waals surface area contributed by atoms with Crippen LogP contribution in [0.1, 0.15) is 10.6 Å². The maximum Gasteiger partial charge on any atom is 0.108 e. The molecule has 3 heterocycles. The van der Waals surface area contributed by atoms with E-state index in [9.17, 15) is 0 Å². The predicted molar refractivity (Wildman–Crippen MR) is 65.5 cm³/mol. The van der Waals surface area contributed by atoms with E-state index in [1.165, 1.54) is 4.88 Å². The van der Waals surface area contributed by atoms with Crippen molar-refractivity contribution >= 4 is 27.2 Å². The highest BCUT2D eigenvalue weighted by Gasteiger charge is 2.07. The van der Waals surface area contributed by atoms with Crippen LogP contribution in [0.25, 0.3) is 10.2 Å². The smallest absolute Gasteiger partial charge is 0.108 e. The average Bonchev–Trinajstić information content (AvgIpc) is 2.88. The summed E-state index contributed by atoms with van der Waals surface area (Å²) in [4.78, 5) is 5.51. The number of thiophene rings is 1. The van der Waals surface area contributed by atoms with Crippen molar-refractivity contribution in [1.29, 1.82) is 0 Å². The van der Waals surface area contributed by atoms with Crippen LogP contribution in [-0.4, -0.2) is 4.98 Å². The van der Waals surface area contributed by atoms with Gasteiger partial charge in [-0.15, -0.1) is 11.3 Å². The van der Waals surface area contributed by atoms with E-state index >= 15 is 0 Å². The van der Waals surface area contributed by atoms with Crippen LogP contribution in [-0.2, 0) is 6.42 Å². The van der Waals surface area contributed by atoms with Crippen LogP contribution in [0.2, 0.25) is 0 Å². The van der Waals surface area contributed by atoms with Crippen LogP contribution < -0.4 is 5.73 Å². The third-order valence-corrected chi connectivity index (χ3v) is 3.60. The van der Waals surface area contributed by atoms with Gasteiger partial charge in [-0.25, -0.2) is 0 Å². The average molecular weight is 230 g/mol. The van der Waals surface area contributed by atoms with E-state index in [4.69, 9.17) is 10.2 Å². The number of nitrogens with two attached hydrogens (primary N) is 1. The largest absolute Gasteiger partial charge is 0.469 e. The molecule has 4 heteroatoms. The quantitative estimate of drug-likeness (QED) is 0.736. The molecule has 2 N–H and O–H groups in total. The molecule has 3 rings (SSSR count). The molecule has 0 spiro atoms. The van der Waals surface area contributed by atoms with E-state index in [0.717, 1.165) is 28.1 Å². The van der Waals surface area contributed by atoms with Crippen molar-refractivity contribution in [1.82, 2.24) is 4.98 Å². The third-order valence-electron chi connectivity index (χ3n) is 2.42. The lowest BCUT2D eigenvalue weighted by Crippen LogP contribution is -1.83. The lowest BCUT2D eigenvalue weighted by Gasteiger charge is -1.92. The minimum Gasteiger partial charge on any atom is -0.469 e. The fraction of sp³-hybridized carbons (Fsp3) is 0.0833. The Morgan fingerprint density at radius 2 is 2.31 bits per heavy atom. The minimum absolute atomic E-state index is 0.792. The molecule has 0 aromatic carbocycles. The fourth-order valence-corrected chi connectivity index (χ4v) is 2.73. The van der Waals surface area contributed by atoms with Crippen LogP contribution >= 0.6 is 11.3 Å². The molecular weight excluding hydrogens is 220 g/mol. The highest BCUT2D eigenvalue weighted by atomic mass is 32.1. The number of nitrogens with zero attached hydrogens (tertiary/aromatic N) is 1. The summed E-state index contributed by atoms with van der Waals surface area (Å²) in [5, 5.41) is 0. The molecule has 16 heavy (non-hydrogen) atoms. The summed E-state index contributed by atoms with van der Waals surface area (Å²) in [5.41, 5.74) is 7.65. The van der Waals surface area contributed by atoms with Crippen LogP contribution in [0.3, 0.4) is 0 Å². The Morgan fingerprint density at radius 3 is 3.06 bits per heavy atom. The highest BCUT2D eigenvalue weighted by Crippen LogP contribution is 2.30. The van der Waals surface area contributed by atoms with Gasteiger partial charge in [-0.05, 0) is 24.3 Å². The highest BCUT2D eigenvalue weighted by molar-refractivity contribution is 7.19. The molecule has 3 aromatic rings. The zero-order valence-electron chi connectivity index (χ0n) is 8.51. The lowest BCUT2D eigenvalue weighted by atomic mass is 10.2. The molecule has 3 aromatic heterocycles. The standard InChI is InChI=1S/C12H10N2OS/c13-10-3-4-14-11-7-9(16-12(10)11)6-8-2-1-5-15-8/h1-5,7H,6H2,(H2,13,14). The Bertz CT molecular complexity index is 613. The molecular formula is C12H10N2OS. The van der Waals surface area contributed by atoms with Crippen LogP contribution in [0.4, 0.5) is 5.69 Å². The SMILES string of the molecule is Nc1ccnc2cc(Cc3ccco3)sc12. The maximum absolute atomic E-state index is 5.89. The number of nitrogen functional groups attached to an aromatic ring is 1. The van der Waals surface area contributed by atoms with Gasteiger partial charge in [-0.2, -0.15) is 0 Å². The molecule has 0 amide bonds. The number of hydrogen-bond donors (Lipinski definition) is 1. The van der Waals surface area contributed by atoms with Crippen LogP contribution in [0.5, 0.6) is 0 Å². The van der Waals surface area contributed by atoms with Crippen molar-refractivity contribution in [3.8, 4) is 0 Å². The van der Waals surface area contributed by atoms with Gasteiger partial charge in [-0.3, -0.25) is 4.98 Å². The van der Waals surface area contributed by atoms with Crippen molar-refractivity contribution in [2.45, 2.75) is 6.42 Å². The second-order valence-electron chi connectivity index (χ2n) is 3.58. The number of aromatic nitrogens is 1. The monoisotopic (exact) mass is 230 g/mol. The van der Waals surface area contributed by atoms with Gasteiger partial charge in [0.15, 0.2) is 0 Å². The Hall–Kier alpha value is -1.81. The van der Waals surface area contributed by atoms with Gasteiger partial charge < -0.3 is 10.2 Å². The van der Waals surface area contributed by atoms with Gasteiger partial charge in [0.2, 0.25) is 0 Å². The van der Waals surface area contributed by atoms with Crippen LogP contribution in [0, 0.1) is 0 Å². The van der Waals surface area contributed by atoms with Crippen molar-refractivity contribution in [3.05, 3.63) is 47.4 Å². The molecule has 3 nitrogen and oxygen atoms in total. The lowest BCUT2D eigenvalue weighted by molar-refractivity contribution is 0.522. The second kappa shape index (κ2) is 3.64. The predicted octanol–water partition coefficient (Wildman–Crippen LogP) is 3.06. The molecule has 0 saturated heterocycles.